The first kappa shape index (κ1) is 10.3. The monoisotopic (exact) mass is 185 g/mol. The minimum absolute atomic E-state index is 0.259. The van der Waals surface area contributed by atoms with E-state index in [0.29, 0.717) is 0 Å². The third-order valence-corrected chi connectivity index (χ3v) is 6.43. The average molecular weight is 185 g/mol. The summed E-state index contributed by atoms with van der Waals surface area (Å²) in [5.41, 5.74) is 0. The van der Waals surface area contributed by atoms with Gasteiger partial charge in [0.25, 0.3) is 0 Å². The first-order valence-corrected chi connectivity index (χ1v) is 7.25. The zero-order chi connectivity index (χ0) is 9.03. The number of hydrogen-bond acceptors (Lipinski definition) is 1. The lowest BCUT2D eigenvalue weighted by Crippen LogP contribution is -2.58. The zero-order valence-corrected chi connectivity index (χ0v) is 10.3. The van der Waals surface area contributed by atoms with Crippen LogP contribution in [0.25, 0.3) is 0 Å². The lowest BCUT2D eigenvalue weighted by Gasteiger charge is -2.50. The molecule has 0 aromatic carbocycles. The molecule has 0 radical (unpaired) electrons. The van der Waals surface area contributed by atoms with Crippen LogP contribution in [0, 0.1) is 0 Å². The smallest absolute Gasteiger partial charge is 0.0447 e. The normalized spacial score (nSPS) is 31.0. The van der Waals surface area contributed by atoms with E-state index in [1.165, 1.54) is 32.4 Å². The molecular formula is C10H23NSi. The quantitative estimate of drug-likeness (QED) is 0.591. The Morgan fingerprint density at radius 3 is 2.25 bits per heavy atom. The van der Waals surface area contributed by atoms with Gasteiger partial charge in [0.2, 0.25) is 0 Å². The molecule has 1 unspecified atom stereocenters. The van der Waals surface area contributed by atoms with E-state index >= 15 is 0 Å². The second-order valence-electron chi connectivity index (χ2n) is 4.01. The molecule has 1 aliphatic heterocycles. The molecule has 1 fully saturated rings. The maximum atomic E-state index is 2.75. The lowest BCUT2D eigenvalue weighted by atomic mass is 10.1. The van der Waals surface area contributed by atoms with Crippen LogP contribution in [0.5, 0.6) is 0 Å². The summed E-state index contributed by atoms with van der Waals surface area (Å²) in [5, 5.41) is 0.755. The molecular weight excluding hydrogens is 162 g/mol. The molecule has 1 rings (SSSR count). The molecule has 0 N–H and O–H groups in total. The van der Waals surface area contributed by atoms with Crippen molar-refractivity contribution in [1.29, 1.82) is 0 Å². The summed E-state index contributed by atoms with van der Waals surface area (Å²) in [4.78, 5) is 2.75. The summed E-state index contributed by atoms with van der Waals surface area (Å²) in [5.74, 6) is 0. The van der Waals surface area contributed by atoms with Crippen molar-refractivity contribution >= 4 is 9.52 Å². The topological polar surface area (TPSA) is 3.24 Å². The van der Waals surface area contributed by atoms with Crippen molar-refractivity contribution in [3.63, 3.8) is 0 Å². The molecule has 0 bridgehead atoms. The fraction of sp³-hybridized carbons (Fsp3) is 1.00. The molecule has 0 aromatic heterocycles. The molecule has 0 saturated carbocycles. The van der Waals surface area contributed by atoms with Crippen LogP contribution in [-0.2, 0) is 0 Å². The highest BCUT2D eigenvalue weighted by Gasteiger charge is 2.39. The van der Waals surface area contributed by atoms with Gasteiger partial charge in [0.15, 0.2) is 0 Å². The first-order valence-electron chi connectivity index (χ1n) is 5.54. The van der Waals surface area contributed by atoms with Crippen LogP contribution in [0.3, 0.4) is 0 Å². The standard InChI is InChI=1S/C10H23NSi/c1-4-8-11(6-3)10(5-2)7-9-12-10/h4-9,12H2,1-3H3. The van der Waals surface area contributed by atoms with Gasteiger partial charge in [-0.1, -0.05) is 26.8 Å². The van der Waals surface area contributed by atoms with Crippen LogP contribution in [0.2, 0.25) is 6.04 Å². The van der Waals surface area contributed by atoms with E-state index in [-0.39, 0.29) is 9.52 Å². The average Bonchev–Trinajstić information content (AvgIpc) is 2.02. The molecule has 1 saturated heterocycles. The van der Waals surface area contributed by atoms with Gasteiger partial charge >= 0.3 is 0 Å². The predicted octanol–water partition coefficient (Wildman–Crippen LogP) is 1.82. The van der Waals surface area contributed by atoms with Crippen molar-refractivity contribution in [2.45, 2.75) is 51.2 Å². The van der Waals surface area contributed by atoms with E-state index in [2.05, 4.69) is 25.7 Å². The van der Waals surface area contributed by atoms with Gasteiger partial charge in [0.1, 0.15) is 0 Å². The molecule has 12 heavy (non-hydrogen) atoms. The molecule has 72 valence electrons. The van der Waals surface area contributed by atoms with Crippen LogP contribution >= 0.6 is 0 Å². The summed E-state index contributed by atoms with van der Waals surface area (Å²) in [7, 11) is 0.259. The highest BCUT2D eigenvalue weighted by Crippen LogP contribution is 2.34. The number of nitrogens with zero attached hydrogens (tertiary/aromatic N) is 1. The Morgan fingerprint density at radius 1 is 1.33 bits per heavy atom. The summed E-state index contributed by atoms with van der Waals surface area (Å²) >= 11 is 0. The Bertz CT molecular complexity index is 126. The molecule has 0 spiro atoms. The Labute approximate surface area is 79.4 Å². The summed E-state index contributed by atoms with van der Waals surface area (Å²) in [6.07, 6.45) is 4.24. The maximum absolute atomic E-state index is 2.75. The van der Waals surface area contributed by atoms with E-state index < -0.39 is 0 Å². The van der Waals surface area contributed by atoms with Crippen molar-refractivity contribution < 1.29 is 0 Å². The van der Waals surface area contributed by atoms with Crippen LogP contribution < -0.4 is 0 Å². The van der Waals surface area contributed by atoms with E-state index in [1.807, 2.05) is 0 Å². The largest absolute Gasteiger partial charge is 0.301 e. The molecule has 0 amide bonds. The van der Waals surface area contributed by atoms with E-state index in [0.717, 1.165) is 5.16 Å². The summed E-state index contributed by atoms with van der Waals surface area (Å²) < 4.78 is 0. The van der Waals surface area contributed by atoms with Gasteiger partial charge in [-0.15, -0.1) is 0 Å². The Hall–Kier alpha value is 0.177. The maximum Gasteiger partial charge on any atom is 0.0447 e. The van der Waals surface area contributed by atoms with Crippen molar-refractivity contribution in [2.24, 2.45) is 0 Å². The number of hydrogen-bond donors (Lipinski definition) is 0. The Kier molecular flexibility index (Phi) is 3.78. The fourth-order valence-corrected chi connectivity index (χ4v) is 4.70. The van der Waals surface area contributed by atoms with Gasteiger partial charge in [0, 0.05) is 14.7 Å². The van der Waals surface area contributed by atoms with Gasteiger partial charge in [-0.2, -0.15) is 0 Å². The zero-order valence-electron chi connectivity index (χ0n) is 8.90. The van der Waals surface area contributed by atoms with Crippen molar-refractivity contribution in [3.8, 4) is 0 Å². The Morgan fingerprint density at radius 2 is 2.00 bits per heavy atom. The van der Waals surface area contributed by atoms with Crippen LogP contribution in [0.1, 0.15) is 40.0 Å². The van der Waals surface area contributed by atoms with Crippen LogP contribution in [-0.4, -0.2) is 32.7 Å². The highest BCUT2D eigenvalue weighted by molar-refractivity contribution is 6.44. The second kappa shape index (κ2) is 4.42. The molecule has 2 heteroatoms. The van der Waals surface area contributed by atoms with Gasteiger partial charge < -0.3 is 4.90 Å². The van der Waals surface area contributed by atoms with E-state index in [4.69, 9.17) is 0 Å². The summed E-state index contributed by atoms with van der Waals surface area (Å²) in [6.45, 7) is 9.60. The third kappa shape index (κ3) is 1.74. The SMILES string of the molecule is CCCN(CC)C1(CC)CC[SiH2]1. The molecule has 1 heterocycles. The van der Waals surface area contributed by atoms with Gasteiger partial charge in [-0.3, -0.25) is 0 Å². The third-order valence-electron chi connectivity index (χ3n) is 3.49. The van der Waals surface area contributed by atoms with Crippen molar-refractivity contribution in [2.75, 3.05) is 13.1 Å². The molecule has 1 nitrogen and oxygen atoms in total. The van der Waals surface area contributed by atoms with E-state index in [9.17, 15) is 0 Å². The van der Waals surface area contributed by atoms with Crippen molar-refractivity contribution in [3.05, 3.63) is 0 Å². The minimum atomic E-state index is 0.259. The van der Waals surface area contributed by atoms with Gasteiger partial charge in [0.05, 0.1) is 0 Å². The van der Waals surface area contributed by atoms with Crippen molar-refractivity contribution in [1.82, 2.24) is 4.90 Å². The summed E-state index contributed by atoms with van der Waals surface area (Å²) in [6, 6.07) is 1.59. The van der Waals surface area contributed by atoms with Crippen LogP contribution in [0.15, 0.2) is 0 Å². The molecule has 0 aliphatic carbocycles. The first-order chi connectivity index (χ1) is 5.79. The van der Waals surface area contributed by atoms with Gasteiger partial charge in [-0.25, -0.2) is 0 Å². The molecule has 1 atom stereocenters. The second-order valence-corrected chi connectivity index (χ2v) is 6.53. The van der Waals surface area contributed by atoms with E-state index in [1.54, 1.807) is 6.04 Å². The highest BCUT2D eigenvalue weighted by atomic mass is 28.2. The minimum Gasteiger partial charge on any atom is -0.301 e. The fourth-order valence-electron chi connectivity index (χ4n) is 2.48. The van der Waals surface area contributed by atoms with Gasteiger partial charge in [-0.05, 0) is 32.4 Å². The lowest BCUT2D eigenvalue weighted by molar-refractivity contribution is 0.137. The number of rotatable bonds is 5. The van der Waals surface area contributed by atoms with Crippen LogP contribution in [0.4, 0.5) is 0 Å². The predicted molar refractivity (Wildman–Crippen MR) is 58.5 cm³/mol. The Balaban J connectivity index is 2.49. The molecule has 0 aromatic rings. The molecule has 1 aliphatic rings.